The average Bonchev–Trinajstić information content (AvgIpc) is 2.36. The van der Waals surface area contributed by atoms with Gasteiger partial charge in [-0.3, -0.25) is 9.59 Å². The van der Waals surface area contributed by atoms with E-state index in [-0.39, 0.29) is 12.5 Å². The number of aliphatic hydroxyl groups is 1. The highest BCUT2D eigenvalue weighted by atomic mass is 16.4. The van der Waals surface area contributed by atoms with Crippen molar-refractivity contribution in [1.29, 1.82) is 0 Å². The van der Waals surface area contributed by atoms with Crippen molar-refractivity contribution in [2.24, 2.45) is 5.73 Å². The first-order valence-electron chi connectivity index (χ1n) is 6.35. The van der Waals surface area contributed by atoms with Crippen LogP contribution in [0.5, 0.6) is 0 Å². The fraction of sp³-hybridized carbons (Fsp3) is 0.429. The van der Waals surface area contributed by atoms with Gasteiger partial charge in [0.1, 0.15) is 0 Å². The van der Waals surface area contributed by atoms with Crippen LogP contribution in [0.3, 0.4) is 0 Å². The number of carboxylic acid groups (broad SMARTS) is 1. The Labute approximate surface area is 117 Å². The lowest BCUT2D eigenvalue weighted by Gasteiger charge is -2.21. The maximum absolute atomic E-state index is 11.9. The van der Waals surface area contributed by atoms with E-state index in [1.807, 2.05) is 12.1 Å². The first kappa shape index (κ1) is 16.1. The number of benzene rings is 1. The first-order chi connectivity index (χ1) is 9.34. The summed E-state index contributed by atoms with van der Waals surface area (Å²) in [5.74, 6) is -1.47. The molecule has 0 spiro atoms. The number of nitrogens with one attached hydrogen (secondary N) is 1. The molecule has 5 N–H and O–H groups in total. The Bertz CT molecular complexity index is 469. The first-order valence-corrected chi connectivity index (χ1v) is 6.35. The quantitative estimate of drug-likeness (QED) is 0.567. The van der Waals surface area contributed by atoms with Gasteiger partial charge < -0.3 is 21.3 Å². The molecule has 20 heavy (non-hydrogen) atoms. The predicted molar refractivity (Wildman–Crippen MR) is 74.4 cm³/mol. The van der Waals surface area contributed by atoms with Gasteiger partial charge in [-0.05, 0) is 37.6 Å². The van der Waals surface area contributed by atoms with E-state index in [0.717, 1.165) is 12.0 Å². The summed E-state index contributed by atoms with van der Waals surface area (Å²) in [5, 5.41) is 20.9. The summed E-state index contributed by atoms with van der Waals surface area (Å²) in [7, 11) is 0. The van der Waals surface area contributed by atoms with E-state index in [1.54, 1.807) is 12.1 Å². The summed E-state index contributed by atoms with van der Waals surface area (Å²) < 4.78 is 0. The number of hydrogen-bond donors (Lipinski definition) is 4. The second-order valence-corrected chi connectivity index (χ2v) is 4.99. The molecule has 0 aromatic heterocycles. The molecule has 0 aliphatic heterocycles. The third kappa shape index (κ3) is 5.38. The lowest BCUT2D eigenvalue weighted by molar-refractivity contribution is -0.141. The molecule has 0 heterocycles. The van der Waals surface area contributed by atoms with Gasteiger partial charge in [0.05, 0.1) is 12.0 Å². The minimum Gasteiger partial charge on any atom is -0.481 e. The van der Waals surface area contributed by atoms with Gasteiger partial charge in [-0.15, -0.1) is 0 Å². The third-order valence-electron chi connectivity index (χ3n) is 2.81. The van der Waals surface area contributed by atoms with Crippen LogP contribution in [0.1, 0.15) is 29.3 Å². The average molecular weight is 280 g/mol. The Morgan fingerprint density at radius 2 is 1.90 bits per heavy atom. The minimum absolute atomic E-state index is 0.122. The Hall–Kier alpha value is -1.92. The van der Waals surface area contributed by atoms with Crippen molar-refractivity contribution in [3.05, 3.63) is 35.4 Å². The third-order valence-corrected chi connectivity index (χ3v) is 2.81. The molecule has 1 atom stereocenters. The highest BCUT2D eigenvalue weighted by Crippen LogP contribution is 2.09. The van der Waals surface area contributed by atoms with Crippen molar-refractivity contribution in [2.45, 2.75) is 25.4 Å². The van der Waals surface area contributed by atoms with Gasteiger partial charge in [0.25, 0.3) is 5.91 Å². The number of nitrogens with two attached hydrogens (primary N) is 1. The molecule has 110 valence electrons. The lowest BCUT2D eigenvalue weighted by atomic mass is 10.0. The summed E-state index contributed by atoms with van der Waals surface area (Å²) in [4.78, 5) is 22.4. The molecule has 1 aromatic carbocycles. The zero-order valence-corrected chi connectivity index (χ0v) is 11.4. The van der Waals surface area contributed by atoms with Crippen molar-refractivity contribution in [2.75, 3.05) is 13.1 Å². The zero-order chi connectivity index (χ0) is 15.2. The van der Waals surface area contributed by atoms with Crippen LogP contribution in [0, 0.1) is 0 Å². The standard InChI is InChI=1S/C14H20N2O4/c1-14(20,8-12(17)18)9-16-13(19)11-4-2-10(3-5-11)6-7-15/h2-5,20H,6-9,15H2,1H3,(H,16,19)(H,17,18). The van der Waals surface area contributed by atoms with Crippen LogP contribution in [-0.4, -0.2) is 40.8 Å². The molecule has 0 saturated heterocycles. The van der Waals surface area contributed by atoms with E-state index in [1.165, 1.54) is 6.92 Å². The van der Waals surface area contributed by atoms with Crippen molar-refractivity contribution in [3.63, 3.8) is 0 Å². The Kier molecular flexibility index (Phi) is 5.66. The second-order valence-electron chi connectivity index (χ2n) is 4.99. The highest BCUT2D eigenvalue weighted by Gasteiger charge is 2.24. The maximum Gasteiger partial charge on any atom is 0.306 e. The molecular formula is C14H20N2O4. The van der Waals surface area contributed by atoms with E-state index >= 15 is 0 Å². The van der Waals surface area contributed by atoms with Crippen molar-refractivity contribution in [1.82, 2.24) is 5.32 Å². The molecule has 1 rings (SSSR count). The summed E-state index contributed by atoms with van der Waals surface area (Å²) in [6, 6.07) is 6.98. The number of rotatable bonds is 7. The summed E-state index contributed by atoms with van der Waals surface area (Å²) in [6.45, 7) is 1.79. The molecule has 0 saturated carbocycles. The van der Waals surface area contributed by atoms with Crippen LogP contribution in [0.4, 0.5) is 0 Å². The number of aliphatic carboxylic acids is 1. The summed E-state index contributed by atoms with van der Waals surface area (Å²) in [6.07, 6.45) is 0.317. The molecule has 6 nitrogen and oxygen atoms in total. The van der Waals surface area contributed by atoms with Gasteiger partial charge >= 0.3 is 5.97 Å². The molecular weight excluding hydrogens is 260 g/mol. The number of amides is 1. The van der Waals surface area contributed by atoms with Gasteiger partial charge in [-0.1, -0.05) is 12.1 Å². The molecule has 0 bridgehead atoms. The fourth-order valence-corrected chi connectivity index (χ4v) is 1.75. The Morgan fingerprint density at radius 3 is 2.40 bits per heavy atom. The predicted octanol–water partition coefficient (Wildman–Crippen LogP) is 0.143. The van der Waals surface area contributed by atoms with Gasteiger partial charge in [0.2, 0.25) is 0 Å². The van der Waals surface area contributed by atoms with Gasteiger partial charge in [0.15, 0.2) is 0 Å². The minimum atomic E-state index is -1.47. The molecule has 0 radical (unpaired) electrons. The van der Waals surface area contributed by atoms with E-state index in [4.69, 9.17) is 10.8 Å². The molecule has 0 aliphatic rings. The summed E-state index contributed by atoms with van der Waals surface area (Å²) in [5.41, 5.74) is 5.47. The van der Waals surface area contributed by atoms with Crippen molar-refractivity contribution < 1.29 is 19.8 Å². The van der Waals surface area contributed by atoms with E-state index in [9.17, 15) is 14.7 Å². The van der Waals surface area contributed by atoms with Gasteiger partial charge in [0, 0.05) is 12.1 Å². The monoisotopic (exact) mass is 280 g/mol. The normalized spacial score (nSPS) is 13.6. The summed E-state index contributed by atoms with van der Waals surface area (Å²) >= 11 is 0. The van der Waals surface area contributed by atoms with Crippen LogP contribution >= 0.6 is 0 Å². The molecule has 6 heteroatoms. The van der Waals surface area contributed by atoms with Gasteiger partial charge in [-0.25, -0.2) is 0 Å². The topological polar surface area (TPSA) is 113 Å². The largest absolute Gasteiger partial charge is 0.481 e. The lowest BCUT2D eigenvalue weighted by Crippen LogP contribution is -2.42. The molecule has 0 aliphatic carbocycles. The molecule has 0 fully saturated rings. The number of carboxylic acids is 1. The van der Waals surface area contributed by atoms with Crippen LogP contribution in [-0.2, 0) is 11.2 Å². The zero-order valence-electron chi connectivity index (χ0n) is 11.4. The maximum atomic E-state index is 11.9. The molecule has 1 aromatic rings. The van der Waals surface area contributed by atoms with Crippen LogP contribution in [0.2, 0.25) is 0 Å². The fourth-order valence-electron chi connectivity index (χ4n) is 1.75. The second kappa shape index (κ2) is 7.02. The van der Waals surface area contributed by atoms with E-state index < -0.39 is 18.0 Å². The number of carbonyl (C=O) groups excluding carboxylic acids is 1. The molecule has 1 unspecified atom stereocenters. The highest BCUT2D eigenvalue weighted by molar-refractivity contribution is 5.94. The van der Waals surface area contributed by atoms with Crippen LogP contribution in [0.15, 0.2) is 24.3 Å². The Balaban J connectivity index is 2.56. The Morgan fingerprint density at radius 1 is 1.30 bits per heavy atom. The number of hydrogen-bond acceptors (Lipinski definition) is 4. The SMILES string of the molecule is CC(O)(CNC(=O)c1ccc(CCN)cc1)CC(=O)O. The smallest absolute Gasteiger partial charge is 0.306 e. The van der Waals surface area contributed by atoms with Gasteiger partial charge in [-0.2, -0.15) is 0 Å². The number of carbonyl (C=O) groups is 2. The molecule has 1 amide bonds. The van der Waals surface area contributed by atoms with E-state index in [0.29, 0.717) is 12.1 Å². The van der Waals surface area contributed by atoms with Crippen LogP contribution in [0.25, 0.3) is 0 Å². The van der Waals surface area contributed by atoms with E-state index in [2.05, 4.69) is 5.32 Å². The van der Waals surface area contributed by atoms with Crippen molar-refractivity contribution in [3.8, 4) is 0 Å². The van der Waals surface area contributed by atoms with Crippen molar-refractivity contribution >= 4 is 11.9 Å². The van der Waals surface area contributed by atoms with Crippen LogP contribution < -0.4 is 11.1 Å².